The van der Waals surface area contributed by atoms with E-state index >= 15 is 0 Å². The number of rotatable bonds is 7. The smallest absolute Gasteiger partial charge is 0.326 e. The van der Waals surface area contributed by atoms with Crippen molar-refractivity contribution < 1.29 is 19.1 Å². The highest BCUT2D eigenvalue weighted by atomic mass is 16.7. The van der Waals surface area contributed by atoms with Crippen molar-refractivity contribution in [2.75, 3.05) is 13.7 Å². The Morgan fingerprint density at radius 3 is 2.70 bits per heavy atom. The van der Waals surface area contributed by atoms with Crippen LogP contribution in [0.4, 0.5) is 0 Å². The van der Waals surface area contributed by atoms with E-state index in [0.29, 0.717) is 25.9 Å². The highest BCUT2D eigenvalue weighted by Crippen LogP contribution is 2.29. The van der Waals surface area contributed by atoms with Crippen molar-refractivity contribution in [3.05, 3.63) is 35.9 Å². The third-order valence-electron chi connectivity index (χ3n) is 3.42. The fourth-order valence-corrected chi connectivity index (χ4v) is 2.50. The molecule has 1 saturated heterocycles. The van der Waals surface area contributed by atoms with Gasteiger partial charge in [0.1, 0.15) is 0 Å². The second kappa shape index (κ2) is 6.83. The average molecular weight is 279 g/mol. The Morgan fingerprint density at radius 2 is 2.15 bits per heavy atom. The number of nitrogens with one attached hydrogen (secondary N) is 1. The van der Waals surface area contributed by atoms with E-state index in [1.54, 1.807) is 7.11 Å². The number of ether oxygens (including phenoxy) is 2. The molecule has 0 aromatic heterocycles. The lowest BCUT2D eigenvalue weighted by Crippen LogP contribution is -2.45. The monoisotopic (exact) mass is 279 g/mol. The summed E-state index contributed by atoms with van der Waals surface area (Å²) in [6.07, 6.45) is 1.20. The lowest BCUT2D eigenvalue weighted by Gasteiger charge is -2.30. The summed E-state index contributed by atoms with van der Waals surface area (Å²) in [7, 11) is 1.61. The van der Waals surface area contributed by atoms with E-state index in [9.17, 15) is 4.79 Å². The second-order valence-electron chi connectivity index (χ2n) is 5.02. The Kier molecular flexibility index (Phi) is 5.11. The van der Waals surface area contributed by atoms with E-state index in [1.165, 1.54) is 0 Å². The topological polar surface area (TPSA) is 56.8 Å². The van der Waals surface area contributed by atoms with Crippen molar-refractivity contribution in [1.82, 2.24) is 5.48 Å². The Balaban J connectivity index is 2.11. The van der Waals surface area contributed by atoms with Gasteiger partial charge in [0.2, 0.25) is 0 Å². The van der Waals surface area contributed by atoms with Gasteiger partial charge in [0, 0.05) is 20.1 Å². The fraction of sp³-hybridized carbons (Fsp3) is 0.533. The molecule has 1 heterocycles. The maximum atomic E-state index is 11.5. The van der Waals surface area contributed by atoms with E-state index in [4.69, 9.17) is 14.3 Å². The molecule has 2 atom stereocenters. The van der Waals surface area contributed by atoms with Gasteiger partial charge in [0.15, 0.2) is 6.29 Å². The molecule has 2 rings (SSSR count). The van der Waals surface area contributed by atoms with E-state index < -0.39 is 5.54 Å². The summed E-state index contributed by atoms with van der Waals surface area (Å²) in [5.74, 6) is -0.243. The normalized spacial score (nSPS) is 23.6. The van der Waals surface area contributed by atoms with Crippen LogP contribution in [0.2, 0.25) is 0 Å². The van der Waals surface area contributed by atoms with E-state index in [1.807, 2.05) is 37.3 Å². The van der Waals surface area contributed by atoms with Gasteiger partial charge in [0.05, 0.1) is 12.0 Å². The highest BCUT2D eigenvalue weighted by Gasteiger charge is 2.42. The van der Waals surface area contributed by atoms with Crippen molar-refractivity contribution in [3.8, 4) is 0 Å². The van der Waals surface area contributed by atoms with Gasteiger partial charge in [-0.2, -0.15) is 0 Å². The maximum absolute atomic E-state index is 11.5. The Hall–Kier alpha value is -1.43. The van der Waals surface area contributed by atoms with E-state index in [0.717, 1.165) is 5.56 Å². The molecule has 110 valence electrons. The minimum atomic E-state index is -0.478. The number of benzene rings is 1. The molecule has 0 amide bonds. The number of hydrogen-bond donors (Lipinski definition) is 1. The summed E-state index contributed by atoms with van der Waals surface area (Å²) < 4.78 is 10.8. The van der Waals surface area contributed by atoms with Gasteiger partial charge in [-0.15, -0.1) is 5.48 Å². The van der Waals surface area contributed by atoms with Gasteiger partial charge in [-0.1, -0.05) is 30.3 Å². The van der Waals surface area contributed by atoms with Gasteiger partial charge >= 0.3 is 5.97 Å². The predicted octanol–water partition coefficient (Wildman–Crippen LogP) is 1.82. The van der Waals surface area contributed by atoms with Crippen LogP contribution in [0.3, 0.4) is 0 Å². The van der Waals surface area contributed by atoms with Crippen LogP contribution in [0.5, 0.6) is 0 Å². The van der Waals surface area contributed by atoms with Crippen molar-refractivity contribution in [2.24, 2.45) is 0 Å². The maximum Gasteiger partial charge on any atom is 0.326 e. The van der Waals surface area contributed by atoms with Crippen LogP contribution >= 0.6 is 0 Å². The van der Waals surface area contributed by atoms with Crippen LogP contribution in [0.15, 0.2) is 30.3 Å². The first-order valence-electron chi connectivity index (χ1n) is 6.82. The van der Waals surface area contributed by atoms with Crippen LogP contribution in [-0.2, 0) is 25.5 Å². The quantitative estimate of drug-likeness (QED) is 0.772. The molecule has 1 aliphatic heterocycles. The molecule has 0 radical (unpaired) electrons. The molecule has 1 fully saturated rings. The molecule has 2 unspecified atom stereocenters. The third-order valence-corrected chi connectivity index (χ3v) is 3.42. The Morgan fingerprint density at radius 1 is 1.40 bits per heavy atom. The molecular weight excluding hydrogens is 258 g/mol. The summed E-state index contributed by atoms with van der Waals surface area (Å²) in [5, 5.41) is 0. The van der Waals surface area contributed by atoms with Gasteiger partial charge in [-0.05, 0) is 18.9 Å². The summed E-state index contributed by atoms with van der Waals surface area (Å²) >= 11 is 0. The molecule has 5 nitrogen and oxygen atoms in total. The first-order chi connectivity index (χ1) is 9.67. The largest absolute Gasteiger partial charge is 0.370 e. The first kappa shape index (κ1) is 15.0. The molecule has 1 aromatic carbocycles. The molecule has 1 aliphatic rings. The molecule has 0 spiro atoms. The Bertz CT molecular complexity index is 437. The van der Waals surface area contributed by atoms with Crippen LogP contribution in [0, 0.1) is 0 Å². The molecule has 1 N–H and O–H groups in total. The van der Waals surface area contributed by atoms with Crippen LogP contribution in [0.25, 0.3) is 0 Å². The summed E-state index contributed by atoms with van der Waals surface area (Å²) in [5.41, 5.74) is 3.55. The number of hydroxylamine groups is 1. The number of methoxy groups -OCH3 is 1. The van der Waals surface area contributed by atoms with Gasteiger partial charge < -0.3 is 14.3 Å². The number of carbonyl (C=O) groups is 1. The van der Waals surface area contributed by atoms with Crippen molar-refractivity contribution in [2.45, 2.75) is 38.0 Å². The van der Waals surface area contributed by atoms with Crippen LogP contribution in [0.1, 0.15) is 25.3 Å². The standard InChI is InChI=1S/C15H21NO4/c1-3-19-14(18-2)11-15(10-13(17)20-16-15)9-12-7-5-4-6-8-12/h4-8,14,16H,3,9-11H2,1-2H3. The van der Waals surface area contributed by atoms with Gasteiger partial charge in [-0.25, -0.2) is 0 Å². The fourth-order valence-electron chi connectivity index (χ4n) is 2.50. The Labute approximate surface area is 119 Å². The van der Waals surface area contributed by atoms with E-state index in [2.05, 4.69) is 5.48 Å². The summed E-state index contributed by atoms with van der Waals surface area (Å²) in [4.78, 5) is 16.5. The third kappa shape index (κ3) is 3.79. The number of hydrogen-bond acceptors (Lipinski definition) is 5. The number of carbonyl (C=O) groups excluding carboxylic acids is 1. The van der Waals surface area contributed by atoms with Crippen molar-refractivity contribution in [3.63, 3.8) is 0 Å². The zero-order chi connectivity index (χ0) is 14.4. The van der Waals surface area contributed by atoms with Gasteiger partial charge in [-0.3, -0.25) is 4.79 Å². The summed E-state index contributed by atoms with van der Waals surface area (Å²) in [6.45, 7) is 2.48. The van der Waals surface area contributed by atoms with E-state index in [-0.39, 0.29) is 12.3 Å². The minimum absolute atomic E-state index is 0.243. The highest BCUT2D eigenvalue weighted by molar-refractivity contribution is 5.72. The molecule has 20 heavy (non-hydrogen) atoms. The first-order valence-corrected chi connectivity index (χ1v) is 6.82. The lowest BCUT2D eigenvalue weighted by molar-refractivity contribution is -0.146. The second-order valence-corrected chi connectivity index (χ2v) is 5.02. The molecule has 1 aromatic rings. The zero-order valence-electron chi connectivity index (χ0n) is 11.9. The summed E-state index contributed by atoms with van der Waals surface area (Å²) in [6, 6.07) is 10.0. The molecular formula is C15H21NO4. The SMILES string of the molecule is CCOC(CC1(Cc2ccccc2)CC(=O)ON1)OC. The average Bonchev–Trinajstić information content (AvgIpc) is 2.80. The molecule has 5 heteroatoms. The molecule has 0 saturated carbocycles. The molecule has 0 aliphatic carbocycles. The van der Waals surface area contributed by atoms with Crippen molar-refractivity contribution >= 4 is 5.97 Å². The van der Waals surface area contributed by atoms with Crippen molar-refractivity contribution in [1.29, 1.82) is 0 Å². The van der Waals surface area contributed by atoms with Crippen LogP contribution in [-0.4, -0.2) is 31.5 Å². The lowest BCUT2D eigenvalue weighted by atomic mass is 9.85. The zero-order valence-corrected chi connectivity index (χ0v) is 11.9. The minimum Gasteiger partial charge on any atom is -0.370 e. The van der Waals surface area contributed by atoms with Gasteiger partial charge in [0.25, 0.3) is 0 Å². The van der Waals surface area contributed by atoms with Crippen LogP contribution < -0.4 is 5.48 Å². The predicted molar refractivity (Wildman–Crippen MR) is 73.8 cm³/mol. The molecule has 0 bridgehead atoms.